The highest BCUT2D eigenvalue weighted by Gasteiger charge is 2.26. The molecule has 3 aromatic carbocycles. The monoisotopic (exact) mass is 407 g/mol. The van der Waals surface area contributed by atoms with Crippen molar-refractivity contribution in [1.29, 1.82) is 0 Å². The average Bonchev–Trinajstić information content (AvgIpc) is 2.75. The van der Waals surface area contributed by atoms with Crippen molar-refractivity contribution in [3.63, 3.8) is 0 Å². The van der Waals surface area contributed by atoms with E-state index >= 15 is 0 Å². The molecule has 1 amide bonds. The molecule has 0 heterocycles. The molecule has 156 valence electrons. The average molecular weight is 407 g/mol. The Balaban J connectivity index is 1.81. The van der Waals surface area contributed by atoms with Gasteiger partial charge < -0.3 is 19.9 Å². The fourth-order valence-corrected chi connectivity index (χ4v) is 3.13. The van der Waals surface area contributed by atoms with Crippen molar-refractivity contribution in [2.24, 2.45) is 5.92 Å². The quantitative estimate of drug-likeness (QED) is 0.521. The van der Waals surface area contributed by atoms with Gasteiger partial charge in [-0.05, 0) is 29.5 Å². The van der Waals surface area contributed by atoms with E-state index < -0.39 is 17.9 Å². The number of carboxylic acid groups (broad SMARTS) is 1. The van der Waals surface area contributed by atoms with E-state index in [0.29, 0.717) is 17.9 Å². The Morgan fingerprint density at radius 3 is 2.27 bits per heavy atom. The molecule has 6 heteroatoms. The van der Waals surface area contributed by atoms with Crippen LogP contribution in [0.1, 0.15) is 24.2 Å². The van der Waals surface area contributed by atoms with E-state index in [9.17, 15) is 14.7 Å². The number of rotatable bonds is 9. The Hall–Kier alpha value is -3.54. The van der Waals surface area contributed by atoms with Gasteiger partial charge in [-0.2, -0.15) is 0 Å². The lowest BCUT2D eigenvalue weighted by Crippen LogP contribution is -2.44. The molecule has 0 radical (unpaired) electrons. The zero-order valence-electron chi connectivity index (χ0n) is 17.0. The Kier molecular flexibility index (Phi) is 6.91. The highest BCUT2D eigenvalue weighted by Crippen LogP contribution is 2.30. The second-order valence-corrected chi connectivity index (χ2v) is 7.21. The minimum atomic E-state index is -1.07. The standard InChI is InChI=1S/C24H25NO5/c1-16(2)21(24(27)28)25-23(26)20-13-12-17-8-6-7-11-19(17)22(20)30-15-14-29-18-9-4-3-5-10-18/h3-13,16,21H,14-15H2,1-2H3,(H,25,26)(H,27,28)/t21-/m0/s1. The Morgan fingerprint density at radius 1 is 0.900 bits per heavy atom. The summed E-state index contributed by atoms with van der Waals surface area (Å²) >= 11 is 0. The van der Waals surface area contributed by atoms with Gasteiger partial charge in [0.2, 0.25) is 0 Å². The maximum absolute atomic E-state index is 12.9. The number of hydrogen-bond acceptors (Lipinski definition) is 4. The van der Waals surface area contributed by atoms with Crippen molar-refractivity contribution in [2.75, 3.05) is 13.2 Å². The molecule has 30 heavy (non-hydrogen) atoms. The van der Waals surface area contributed by atoms with E-state index in [1.54, 1.807) is 19.9 Å². The number of fused-ring (bicyclic) bond motifs is 1. The summed E-state index contributed by atoms with van der Waals surface area (Å²) in [5, 5.41) is 13.7. The van der Waals surface area contributed by atoms with E-state index in [1.807, 2.05) is 60.7 Å². The molecule has 0 aromatic heterocycles. The minimum Gasteiger partial charge on any atom is -0.490 e. The zero-order valence-corrected chi connectivity index (χ0v) is 17.0. The summed E-state index contributed by atoms with van der Waals surface area (Å²) in [7, 11) is 0. The van der Waals surface area contributed by atoms with Gasteiger partial charge in [-0.25, -0.2) is 4.79 Å². The van der Waals surface area contributed by atoms with Crippen LogP contribution in [0, 0.1) is 5.92 Å². The maximum atomic E-state index is 12.9. The van der Waals surface area contributed by atoms with Crippen molar-refractivity contribution in [2.45, 2.75) is 19.9 Å². The number of aliphatic carboxylic acids is 1. The van der Waals surface area contributed by atoms with Gasteiger partial charge in [0.1, 0.15) is 30.8 Å². The molecule has 3 rings (SSSR count). The van der Waals surface area contributed by atoms with E-state index in [4.69, 9.17) is 9.47 Å². The van der Waals surface area contributed by atoms with Crippen LogP contribution in [0.4, 0.5) is 0 Å². The summed E-state index contributed by atoms with van der Waals surface area (Å²) in [5.41, 5.74) is 0.292. The van der Waals surface area contributed by atoms with Gasteiger partial charge in [0.05, 0.1) is 5.56 Å². The molecule has 3 aromatic rings. The van der Waals surface area contributed by atoms with Gasteiger partial charge in [-0.1, -0.05) is 62.4 Å². The van der Waals surface area contributed by atoms with Gasteiger partial charge in [-0.15, -0.1) is 0 Å². The first-order valence-electron chi connectivity index (χ1n) is 9.83. The molecule has 0 aliphatic heterocycles. The molecule has 0 saturated carbocycles. The van der Waals surface area contributed by atoms with E-state index in [-0.39, 0.29) is 12.5 Å². The second kappa shape index (κ2) is 9.78. The predicted molar refractivity (Wildman–Crippen MR) is 115 cm³/mol. The van der Waals surface area contributed by atoms with E-state index in [1.165, 1.54) is 0 Å². The van der Waals surface area contributed by atoms with Gasteiger partial charge in [0, 0.05) is 5.39 Å². The number of carbonyl (C=O) groups excluding carboxylic acids is 1. The van der Waals surface area contributed by atoms with Gasteiger partial charge in [0.25, 0.3) is 5.91 Å². The number of amides is 1. The highest BCUT2D eigenvalue weighted by molar-refractivity contribution is 6.04. The molecule has 0 saturated heterocycles. The van der Waals surface area contributed by atoms with Crippen LogP contribution in [0.3, 0.4) is 0 Å². The molecule has 6 nitrogen and oxygen atoms in total. The first-order valence-corrected chi connectivity index (χ1v) is 9.83. The topological polar surface area (TPSA) is 84.9 Å². The number of carbonyl (C=O) groups is 2. The number of carboxylic acids is 1. The Morgan fingerprint density at radius 2 is 1.57 bits per heavy atom. The lowest BCUT2D eigenvalue weighted by molar-refractivity contribution is -0.140. The SMILES string of the molecule is CC(C)[C@H](NC(=O)c1ccc2ccccc2c1OCCOc1ccccc1)C(=O)O. The van der Waals surface area contributed by atoms with Crippen LogP contribution in [-0.4, -0.2) is 36.2 Å². The number of para-hydroxylation sites is 1. The largest absolute Gasteiger partial charge is 0.490 e. The van der Waals surface area contributed by atoms with E-state index in [0.717, 1.165) is 16.5 Å². The number of nitrogens with one attached hydrogen (secondary N) is 1. The molecule has 1 atom stereocenters. The third-order valence-electron chi connectivity index (χ3n) is 4.69. The van der Waals surface area contributed by atoms with E-state index in [2.05, 4.69) is 5.32 Å². The summed E-state index contributed by atoms with van der Waals surface area (Å²) < 4.78 is 11.6. The summed E-state index contributed by atoms with van der Waals surface area (Å²) in [4.78, 5) is 24.4. The van der Waals surface area contributed by atoms with Crippen LogP contribution >= 0.6 is 0 Å². The molecule has 0 bridgehead atoms. The fraction of sp³-hybridized carbons (Fsp3) is 0.250. The van der Waals surface area contributed by atoms with Crippen LogP contribution in [0.15, 0.2) is 66.7 Å². The molecule has 0 fully saturated rings. The second-order valence-electron chi connectivity index (χ2n) is 7.21. The third-order valence-corrected chi connectivity index (χ3v) is 4.69. The molecule has 2 N–H and O–H groups in total. The van der Waals surface area contributed by atoms with Crippen molar-refractivity contribution in [3.05, 3.63) is 72.3 Å². The smallest absolute Gasteiger partial charge is 0.326 e. The van der Waals surface area contributed by atoms with Crippen molar-refractivity contribution in [1.82, 2.24) is 5.32 Å². The minimum absolute atomic E-state index is 0.232. The summed E-state index contributed by atoms with van der Waals surface area (Å²) in [6.45, 7) is 4.03. The van der Waals surface area contributed by atoms with Crippen LogP contribution in [-0.2, 0) is 4.79 Å². The number of ether oxygens (including phenoxy) is 2. The molecule has 0 spiro atoms. The van der Waals surface area contributed by atoms with Gasteiger partial charge >= 0.3 is 5.97 Å². The zero-order chi connectivity index (χ0) is 21.5. The van der Waals surface area contributed by atoms with Crippen LogP contribution in [0.2, 0.25) is 0 Å². The van der Waals surface area contributed by atoms with Crippen LogP contribution in [0.25, 0.3) is 10.8 Å². The molecule has 0 aliphatic rings. The third kappa shape index (κ3) is 5.08. The van der Waals surface area contributed by atoms with Gasteiger partial charge in [-0.3, -0.25) is 4.79 Å². The number of benzene rings is 3. The summed E-state index contributed by atoms with van der Waals surface area (Å²) in [6.07, 6.45) is 0. The van der Waals surface area contributed by atoms with Crippen molar-refractivity contribution >= 4 is 22.6 Å². The molecular formula is C24H25NO5. The first-order chi connectivity index (χ1) is 14.5. The lowest BCUT2D eigenvalue weighted by Gasteiger charge is -2.20. The first kappa shape index (κ1) is 21.2. The van der Waals surface area contributed by atoms with Crippen LogP contribution in [0.5, 0.6) is 11.5 Å². The van der Waals surface area contributed by atoms with Crippen molar-refractivity contribution < 1.29 is 24.2 Å². The van der Waals surface area contributed by atoms with Crippen LogP contribution < -0.4 is 14.8 Å². The maximum Gasteiger partial charge on any atom is 0.326 e. The number of hydrogen-bond donors (Lipinski definition) is 2. The lowest BCUT2D eigenvalue weighted by atomic mass is 10.0. The fourth-order valence-electron chi connectivity index (χ4n) is 3.13. The predicted octanol–water partition coefficient (Wildman–Crippen LogP) is 4.14. The molecule has 0 unspecified atom stereocenters. The van der Waals surface area contributed by atoms with Gasteiger partial charge in [0.15, 0.2) is 0 Å². The normalized spacial score (nSPS) is 11.8. The Bertz CT molecular complexity index is 1020. The van der Waals surface area contributed by atoms with Crippen molar-refractivity contribution in [3.8, 4) is 11.5 Å². The summed E-state index contributed by atoms with van der Waals surface area (Å²) in [6, 6.07) is 19.5. The highest BCUT2D eigenvalue weighted by atomic mass is 16.5. The molecule has 0 aliphatic carbocycles. The Labute approximate surface area is 175 Å². The summed E-state index contributed by atoms with van der Waals surface area (Å²) in [5.74, 6) is -0.664. The molecular weight excluding hydrogens is 382 g/mol.